The molecule has 2 aromatic carbocycles. The van der Waals surface area contributed by atoms with Crippen molar-refractivity contribution in [2.75, 3.05) is 31.4 Å². The summed E-state index contributed by atoms with van der Waals surface area (Å²) in [5.41, 5.74) is 6.42. The molecule has 5 nitrogen and oxygen atoms in total. The van der Waals surface area contributed by atoms with Crippen LogP contribution < -0.4 is 10.2 Å². The first-order chi connectivity index (χ1) is 13.2. The van der Waals surface area contributed by atoms with Gasteiger partial charge in [-0.2, -0.15) is 0 Å². The summed E-state index contributed by atoms with van der Waals surface area (Å²) in [6.45, 7) is 0.760. The molecule has 0 unspecified atom stereocenters. The summed E-state index contributed by atoms with van der Waals surface area (Å²) in [7, 11) is 5.98. The van der Waals surface area contributed by atoms with E-state index >= 15 is 0 Å². The Kier molecular flexibility index (Phi) is 4.50. The fourth-order valence-corrected chi connectivity index (χ4v) is 3.23. The summed E-state index contributed by atoms with van der Waals surface area (Å²) in [6, 6.07) is 21.0. The number of aromatic nitrogens is 3. The predicted molar refractivity (Wildman–Crippen MR) is 112 cm³/mol. The molecule has 0 amide bonds. The van der Waals surface area contributed by atoms with Crippen LogP contribution in [-0.2, 0) is 6.54 Å². The summed E-state index contributed by atoms with van der Waals surface area (Å²) in [4.78, 5) is 11.4. The predicted octanol–water partition coefficient (Wildman–Crippen LogP) is 4.25. The molecule has 0 aliphatic carbocycles. The second-order valence-corrected chi connectivity index (χ2v) is 6.76. The van der Waals surface area contributed by atoms with E-state index in [1.54, 1.807) is 0 Å². The lowest BCUT2D eigenvalue weighted by Gasteiger charge is -2.12. The summed E-state index contributed by atoms with van der Waals surface area (Å²) < 4.78 is 2.20. The lowest BCUT2D eigenvalue weighted by Crippen LogP contribution is -2.07. The Labute approximate surface area is 159 Å². The molecule has 2 heterocycles. The van der Waals surface area contributed by atoms with Gasteiger partial charge < -0.3 is 14.8 Å². The van der Waals surface area contributed by atoms with Crippen molar-refractivity contribution in [2.24, 2.45) is 0 Å². The minimum atomic E-state index is 0.760. The highest BCUT2D eigenvalue weighted by atomic mass is 15.2. The standard InChI is InChI=1S/C22H23N5/c1-23-22-25-20-14-24-19(17-9-11-18(12-10-17)26(2)3)13-21(20)27(22)15-16-7-5-4-6-8-16/h4-14H,15H2,1-3H3,(H,23,25). The monoisotopic (exact) mass is 357 g/mol. The van der Waals surface area contributed by atoms with E-state index in [9.17, 15) is 0 Å². The van der Waals surface area contributed by atoms with Gasteiger partial charge in [0.2, 0.25) is 5.95 Å². The van der Waals surface area contributed by atoms with E-state index in [1.807, 2.05) is 33.4 Å². The Morgan fingerprint density at radius 3 is 2.41 bits per heavy atom. The van der Waals surface area contributed by atoms with Gasteiger partial charge in [0.05, 0.1) is 24.0 Å². The van der Waals surface area contributed by atoms with E-state index in [4.69, 9.17) is 0 Å². The van der Waals surface area contributed by atoms with E-state index in [-0.39, 0.29) is 0 Å². The van der Waals surface area contributed by atoms with Gasteiger partial charge in [0.15, 0.2) is 0 Å². The molecular formula is C22H23N5. The Morgan fingerprint density at radius 1 is 1.00 bits per heavy atom. The van der Waals surface area contributed by atoms with Crippen LogP contribution in [0.2, 0.25) is 0 Å². The number of hydrogen-bond donors (Lipinski definition) is 1. The fourth-order valence-electron chi connectivity index (χ4n) is 3.23. The smallest absolute Gasteiger partial charge is 0.203 e. The first-order valence-electron chi connectivity index (χ1n) is 9.01. The van der Waals surface area contributed by atoms with Crippen molar-refractivity contribution in [3.05, 3.63) is 72.4 Å². The van der Waals surface area contributed by atoms with Crippen LogP contribution in [0.15, 0.2) is 66.9 Å². The van der Waals surface area contributed by atoms with Gasteiger partial charge in [0.25, 0.3) is 0 Å². The van der Waals surface area contributed by atoms with Gasteiger partial charge in [0.1, 0.15) is 5.52 Å². The molecule has 0 aliphatic rings. The van der Waals surface area contributed by atoms with Gasteiger partial charge in [0, 0.05) is 32.4 Å². The van der Waals surface area contributed by atoms with E-state index in [0.717, 1.165) is 34.8 Å². The van der Waals surface area contributed by atoms with Gasteiger partial charge in [-0.25, -0.2) is 4.98 Å². The number of nitrogens with zero attached hydrogens (tertiary/aromatic N) is 4. The molecule has 1 N–H and O–H groups in total. The molecule has 0 radical (unpaired) electrons. The van der Waals surface area contributed by atoms with Crippen LogP contribution in [0.3, 0.4) is 0 Å². The maximum Gasteiger partial charge on any atom is 0.203 e. The summed E-state index contributed by atoms with van der Waals surface area (Å²) in [5.74, 6) is 0.843. The van der Waals surface area contributed by atoms with Gasteiger partial charge in [-0.05, 0) is 23.8 Å². The number of anilines is 2. The summed E-state index contributed by atoms with van der Waals surface area (Å²) in [5, 5.41) is 3.20. The molecule has 136 valence electrons. The number of fused-ring (bicyclic) bond motifs is 1. The van der Waals surface area contributed by atoms with Crippen LogP contribution in [-0.4, -0.2) is 35.7 Å². The van der Waals surface area contributed by atoms with Crippen LogP contribution in [0.5, 0.6) is 0 Å². The summed E-state index contributed by atoms with van der Waals surface area (Å²) >= 11 is 0. The first-order valence-corrected chi connectivity index (χ1v) is 9.01. The Morgan fingerprint density at radius 2 is 1.74 bits per heavy atom. The first kappa shape index (κ1) is 17.1. The van der Waals surface area contributed by atoms with Gasteiger partial charge in [-0.15, -0.1) is 0 Å². The highest BCUT2D eigenvalue weighted by Crippen LogP contribution is 2.26. The second kappa shape index (κ2) is 7.11. The molecule has 0 spiro atoms. The number of pyridine rings is 1. The van der Waals surface area contributed by atoms with Crippen LogP contribution in [0.25, 0.3) is 22.3 Å². The number of benzene rings is 2. The molecule has 0 saturated heterocycles. The van der Waals surface area contributed by atoms with Gasteiger partial charge in [-0.3, -0.25) is 4.98 Å². The lowest BCUT2D eigenvalue weighted by atomic mass is 10.1. The molecular weight excluding hydrogens is 334 g/mol. The van der Waals surface area contributed by atoms with Crippen LogP contribution >= 0.6 is 0 Å². The van der Waals surface area contributed by atoms with Crippen molar-refractivity contribution in [3.63, 3.8) is 0 Å². The fraction of sp³-hybridized carbons (Fsp3) is 0.182. The van der Waals surface area contributed by atoms with Crippen molar-refractivity contribution in [1.29, 1.82) is 0 Å². The third kappa shape index (κ3) is 3.36. The molecule has 4 rings (SSSR count). The van der Waals surface area contributed by atoms with Crippen LogP contribution in [0.1, 0.15) is 5.56 Å². The molecule has 0 atom stereocenters. The maximum absolute atomic E-state index is 4.68. The number of hydrogen-bond acceptors (Lipinski definition) is 4. The quantitative estimate of drug-likeness (QED) is 0.580. The number of rotatable bonds is 5. The molecule has 0 fully saturated rings. The van der Waals surface area contributed by atoms with Crippen molar-refractivity contribution >= 4 is 22.7 Å². The molecule has 4 aromatic rings. The van der Waals surface area contributed by atoms with Crippen molar-refractivity contribution in [2.45, 2.75) is 6.54 Å². The van der Waals surface area contributed by atoms with E-state index < -0.39 is 0 Å². The molecule has 0 bridgehead atoms. The zero-order valence-corrected chi connectivity index (χ0v) is 15.8. The largest absolute Gasteiger partial charge is 0.378 e. The minimum Gasteiger partial charge on any atom is -0.378 e. The van der Waals surface area contributed by atoms with E-state index in [0.29, 0.717) is 0 Å². The second-order valence-electron chi connectivity index (χ2n) is 6.76. The number of imidazole rings is 1. The Balaban J connectivity index is 1.77. The number of nitrogens with one attached hydrogen (secondary N) is 1. The van der Waals surface area contributed by atoms with E-state index in [2.05, 4.69) is 79.3 Å². The highest BCUT2D eigenvalue weighted by molar-refractivity contribution is 5.82. The van der Waals surface area contributed by atoms with Crippen molar-refractivity contribution in [3.8, 4) is 11.3 Å². The van der Waals surface area contributed by atoms with Crippen molar-refractivity contribution < 1.29 is 0 Å². The third-order valence-corrected chi connectivity index (χ3v) is 4.72. The SMILES string of the molecule is CNc1nc2cnc(-c3ccc(N(C)C)cc3)cc2n1Cc1ccccc1. The Bertz CT molecular complexity index is 1050. The third-order valence-electron chi connectivity index (χ3n) is 4.72. The molecule has 0 aliphatic heterocycles. The Hall–Kier alpha value is -3.34. The zero-order chi connectivity index (χ0) is 18.8. The average molecular weight is 357 g/mol. The normalized spacial score (nSPS) is 10.9. The zero-order valence-electron chi connectivity index (χ0n) is 15.8. The van der Waals surface area contributed by atoms with Crippen LogP contribution in [0.4, 0.5) is 11.6 Å². The lowest BCUT2D eigenvalue weighted by molar-refractivity contribution is 0.832. The molecule has 2 aromatic heterocycles. The molecule has 0 saturated carbocycles. The maximum atomic E-state index is 4.68. The van der Waals surface area contributed by atoms with Crippen molar-refractivity contribution in [1.82, 2.24) is 14.5 Å². The minimum absolute atomic E-state index is 0.760. The topological polar surface area (TPSA) is 46.0 Å². The van der Waals surface area contributed by atoms with Gasteiger partial charge >= 0.3 is 0 Å². The van der Waals surface area contributed by atoms with E-state index in [1.165, 1.54) is 11.3 Å². The van der Waals surface area contributed by atoms with Crippen LogP contribution in [0, 0.1) is 0 Å². The average Bonchev–Trinajstić information content (AvgIpc) is 3.05. The highest BCUT2D eigenvalue weighted by Gasteiger charge is 2.12. The summed E-state index contributed by atoms with van der Waals surface area (Å²) in [6.07, 6.45) is 1.85. The van der Waals surface area contributed by atoms with Gasteiger partial charge in [-0.1, -0.05) is 42.5 Å². The molecule has 27 heavy (non-hydrogen) atoms. The molecule has 5 heteroatoms.